The third kappa shape index (κ3) is 4.80. The summed E-state index contributed by atoms with van der Waals surface area (Å²) in [4.78, 5) is 12.6. The highest BCUT2D eigenvalue weighted by Crippen LogP contribution is 2.28. The molecule has 1 amide bonds. The summed E-state index contributed by atoms with van der Waals surface area (Å²) in [7, 11) is 1.56. The molecular formula is C20H23N5O3S. The molecule has 0 saturated carbocycles. The number of nitrogens with one attached hydrogen (secondary N) is 1. The third-order valence-corrected chi connectivity index (χ3v) is 5.16. The van der Waals surface area contributed by atoms with Crippen LogP contribution in [0.25, 0.3) is 11.4 Å². The van der Waals surface area contributed by atoms with Crippen molar-refractivity contribution in [2.75, 3.05) is 24.9 Å². The number of nitrogens with zero attached hydrogens (tertiary/aromatic N) is 3. The zero-order valence-corrected chi connectivity index (χ0v) is 17.3. The van der Waals surface area contributed by atoms with Crippen LogP contribution in [0.15, 0.2) is 53.7 Å². The van der Waals surface area contributed by atoms with E-state index in [4.69, 9.17) is 15.3 Å². The molecule has 0 saturated heterocycles. The summed E-state index contributed by atoms with van der Waals surface area (Å²) in [6, 6.07) is 14.7. The van der Waals surface area contributed by atoms with Crippen LogP contribution in [0.4, 0.5) is 5.69 Å². The number of benzene rings is 2. The molecule has 8 nitrogen and oxygen atoms in total. The number of rotatable bonds is 8. The highest BCUT2D eigenvalue weighted by molar-refractivity contribution is 8.00. The Kier molecular flexibility index (Phi) is 6.61. The quantitative estimate of drug-likeness (QED) is 0.432. The molecule has 3 rings (SSSR count). The number of ether oxygens (including phenoxy) is 2. The molecule has 0 aliphatic heterocycles. The van der Waals surface area contributed by atoms with Gasteiger partial charge in [-0.15, -0.1) is 10.2 Å². The van der Waals surface area contributed by atoms with Gasteiger partial charge in [-0.3, -0.25) is 4.79 Å². The molecule has 0 fully saturated rings. The summed E-state index contributed by atoms with van der Waals surface area (Å²) in [5.41, 5.74) is 1.41. The molecule has 0 aliphatic carbocycles. The number of nitrogens with two attached hydrogens (primary N) is 1. The molecule has 0 spiro atoms. The molecule has 0 radical (unpaired) electrons. The smallest absolute Gasteiger partial charge is 0.237 e. The minimum absolute atomic E-state index is 0.190. The molecule has 1 atom stereocenters. The normalized spacial score (nSPS) is 11.7. The van der Waals surface area contributed by atoms with Crippen LogP contribution in [0.2, 0.25) is 0 Å². The third-order valence-electron chi connectivity index (χ3n) is 4.10. The summed E-state index contributed by atoms with van der Waals surface area (Å²) in [6.45, 7) is 4.31. The van der Waals surface area contributed by atoms with E-state index in [9.17, 15) is 4.79 Å². The molecule has 3 N–H and O–H groups in total. The largest absolute Gasteiger partial charge is 0.495 e. The number of thioether (sulfide) groups is 1. The number of hydrogen-bond acceptors (Lipinski definition) is 7. The fourth-order valence-corrected chi connectivity index (χ4v) is 3.39. The van der Waals surface area contributed by atoms with Crippen molar-refractivity contribution in [1.82, 2.24) is 14.9 Å². The number of para-hydroxylation sites is 2. The number of hydrogen-bond donors (Lipinski definition) is 2. The maximum atomic E-state index is 12.6. The van der Waals surface area contributed by atoms with Gasteiger partial charge in [-0.25, -0.2) is 4.68 Å². The Bertz CT molecular complexity index is 975. The minimum Gasteiger partial charge on any atom is -0.495 e. The average molecular weight is 414 g/mol. The van der Waals surface area contributed by atoms with E-state index in [1.54, 1.807) is 26.2 Å². The molecule has 2 aromatic carbocycles. The SMILES string of the molecule is CCOc1ccc(-c2nnc(S[C@H](C)C(=O)Nc3ccccc3OC)n2N)cc1. The lowest BCUT2D eigenvalue weighted by Crippen LogP contribution is -2.24. The average Bonchev–Trinajstić information content (AvgIpc) is 3.09. The van der Waals surface area contributed by atoms with E-state index in [1.807, 2.05) is 43.3 Å². The van der Waals surface area contributed by atoms with E-state index >= 15 is 0 Å². The van der Waals surface area contributed by atoms with Gasteiger partial charge in [0.2, 0.25) is 11.1 Å². The van der Waals surface area contributed by atoms with Gasteiger partial charge in [0.1, 0.15) is 11.5 Å². The second-order valence-electron chi connectivity index (χ2n) is 6.08. The lowest BCUT2D eigenvalue weighted by Gasteiger charge is -2.13. The van der Waals surface area contributed by atoms with E-state index < -0.39 is 5.25 Å². The first-order chi connectivity index (χ1) is 14.0. The van der Waals surface area contributed by atoms with E-state index in [2.05, 4.69) is 15.5 Å². The fraction of sp³-hybridized carbons (Fsp3) is 0.250. The monoisotopic (exact) mass is 413 g/mol. The Labute approximate surface area is 173 Å². The van der Waals surface area contributed by atoms with Crippen LogP contribution in [0.3, 0.4) is 0 Å². The van der Waals surface area contributed by atoms with Crippen LogP contribution < -0.4 is 20.6 Å². The van der Waals surface area contributed by atoms with Crippen molar-refractivity contribution in [2.45, 2.75) is 24.3 Å². The van der Waals surface area contributed by atoms with E-state index in [0.29, 0.717) is 29.0 Å². The molecular weight excluding hydrogens is 390 g/mol. The van der Waals surface area contributed by atoms with Crippen molar-refractivity contribution in [3.05, 3.63) is 48.5 Å². The summed E-state index contributed by atoms with van der Waals surface area (Å²) in [5.74, 6) is 7.85. The molecule has 0 unspecified atom stereocenters. The number of methoxy groups -OCH3 is 1. The van der Waals surface area contributed by atoms with E-state index in [1.165, 1.54) is 16.4 Å². The maximum Gasteiger partial charge on any atom is 0.237 e. The second-order valence-corrected chi connectivity index (χ2v) is 7.39. The molecule has 29 heavy (non-hydrogen) atoms. The lowest BCUT2D eigenvalue weighted by molar-refractivity contribution is -0.115. The Hall–Kier alpha value is -3.20. The Morgan fingerprint density at radius 1 is 1.21 bits per heavy atom. The van der Waals surface area contributed by atoms with Crippen molar-refractivity contribution in [2.24, 2.45) is 0 Å². The van der Waals surface area contributed by atoms with Crippen molar-refractivity contribution < 1.29 is 14.3 Å². The highest BCUT2D eigenvalue weighted by Gasteiger charge is 2.21. The lowest BCUT2D eigenvalue weighted by atomic mass is 10.2. The Morgan fingerprint density at radius 2 is 1.93 bits per heavy atom. The van der Waals surface area contributed by atoms with Gasteiger partial charge in [-0.1, -0.05) is 23.9 Å². The first-order valence-electron chi connectivity index (χ1n) is 9.07. The van der Waals surface area contributed by atoms with E-state index in [0.717, 1.165) is 11.3 Å². The summed E-state index contributed by atoms with van der Waals surface area (Å²) in [6.07, 6.45) is 0. The van der Waals surface area contributed by atoms with Crippen LogP contribution in [-0.4, -0.2) is 39.7 Å². The molecule has 9 heteroatoms. The molecule has 0 bridgehead atoms. The van der Waals surface area contributed by atoms with Crippen molar-refractivity contribution >= 4 is 23.4 Å². The first kappa shape index (κ1) is 20.5. The Morgan fingerprint density at radius 3 is 2.62 bits per heavy atom. The van der Waals surface area contributed by atoms with Gasteiger partial charge < -0.3 is 20.6 Å². The molecule has 1 heterocycles. The summed E-state index contributed by atoms with van der Waals surface area (Å²) < 4.78 is 12.1. The maximum absolute atomic E-state index is 12.6. The zero-order chi connectivity index (χ0) is 20.8. The highest BCUT2D eigenvalue weighted by atomic mass is 32.2. The van der Waals surface area contributed by atoms with Crippen LogP contribution in [0.1, 0.15) is 13.8 Å². The van der Waals surface area contributed by atoms with Crippen molar-refractivity contribution in [3.63, 3.8) is 0 Å². The number of carbonyl (C=O) groups is 1. The molecule has 152 valence electrons. The fourth-order valence-electron chi connectivity index (χ4n) is 2.62. The predicted octanol–water partition coefficient (Wildman–Crippen LogP) is 3.19. The molecule has 1 aromatic heterocycles. The van der Waals surface area contributed by atoms with Crippen LogP contribution in [0, 0.1) is 0 Å². The van der Waals surface area contributed by atoms with Gasteiger partial charge in [-0.2, -0.15) is 0 Å². The number of carbonyl (C=O) groups excluding carboxylic acids is 1. The summed E-state index contributed by atoms with van der Waals surface area (Å²) in [5, 5.41) is 11.1. The Balaban J connectivity index is 1.69. The summed E-state index contributed by atoms with van der Waals surface area (Å²) >= 11 is 1.22. The standard InChI is InChI=1S/C20H23N5O3S/c1-4-28-15-11-9-14(10-12-15)18-23-24-20(25(18)21)29-13(2)19(26)22-16-7-5-6-8-17(16)27-3/h5-13H,4,21H2,1-3H3,(H,22,26)/t13-/m1/s1. The van der Waals surface area contributed by atoms with Crippen molar-refractivity contribution in [3.8, 4) is 22.9 Å². The number of aromatic nitrogens is 3. The number of amides is 1. The van der Waals surface area contributed by atoms with Crippen molar-refractivity contribution in [1.29, 1.82) is 0 Å². The molecule has 3 aromatic rings. The van der Waals surface area contributed by atoms with E-state index in [-0.39, 0.29) is 5.91 Å². The first-order valence-corrected chi connectivity index (χ1v) is 9.95. The topological polar surface area (TPSA) is 104 Å². The van der Waals surface area contributed by atoms with Crippen LogP contribution in [-0.2, 0) is 4.79 Å². The molecule has 0 aliphatic rings. The van der Waals surface area contributed by atoms with Crippen LogP contribution in [0.5, 0.6) is 11.5 Å². The van der Waals surface area contributed by atoms with Gasteiger partial charge in [0.25, 0.3) is 0 Å². The van der Waals surface area contributed by atoms with Gasteiger partial charge in [0.05, 0.1) is 24.7 Å². The number of anilines is 1. The van der Waals surface area contributed by atoms with Gasteiger partial charge in [-0.05, 0) is 50.2 Å². The second kappa shape index (κ2) is 9.33. The van der Waals surface area contributed by atoms with Gasteiger partial charge in [0, 0.05) is 5.56 Å². The van der Waals surface area contributed by atoms with Gasteiger partial charge in [0.15, 0.2) is 5.82 Å². The predicted molar refractivity (Wildman–Crippen MR) is 114 cm³/mol. The van der Waals surface area contributed by atoms with Gasteiger partial charge >= 0.3 is 0 Å². The van der Waals surface area contributed by atoms with Crippen LogP contribution >= 0.6 is 11.8 Å². The minimum atomic E-state index is -0.445. The zero-order valence-electron chi connectivity index (χ0n) is 16.5. The number of nitrogen functional groups attached to an aromatic ring is 1.